The zero-order chi connectivity index (χ0) is 10.6. The van der Waals surface area contributed by atoms with E-state index < -0.39 is 11.9 Å². The highest BCUT2D eigenvalue weighted by Gasteiger charge is 2.36. The Bertz CT molecular complexity index is 198. The van der Waals surface area contributed by atoms with Crippen molar-refractivity contribution in [2.45, 2.75) is 13.0 Å². The van der Waals surface area contributed by atoms with Crippen molar-refractivity contribution in [3.05, 3.63) is 0 Å². The molecule has 5 nitrogen and oxygen atoms in total. The minimum Gasteiger partial charge on any atom is -0.481 e. The number of nitrogens with two attached hydrogens (primary N) is 1. The average molecular weight is 202 g/mol. The van der Waals surface area contributed by atoms with Crippen LogP contribution in [0.4, 0.5) is 0 Å². The van der Waals surface area contributed by atoms with Gasteiger partial charge in [-0.25, -0.2) is 0 Å². The Kier molecular flexibility index (Phi) is 4.31. The van der Waals surface area contributed by atoms with Crippen LogP contribution in [0.1, 0.15) is 6.92 Å². The molecule has 0 aliphatic carbocycles. The van der Waals surface area contributed by atoms with Crippen LogP contribution in [0.5, 0.6) is 0 Å². The fraction of sp³-hybridized carbons (Fsp3) is 0.889. The first-order chi connectivity index (χ1) is 6.70. The van der Waals surface area contributed by atoms with E-state index in [1.54, 1.807) is 0 Å². The van der Waals surface area contributed by atoms with E-state index in [0.717, 1.165) is 13.1 Å². The van der Waals surface area contributed by atoms with Gasteiger partial charge in [0.1, 0.15) is 0 Å². The molecular formula is C9H18N2O3. The molecule has 0 radical (unpaired) electrons. The van der Waals surface area contributed by atoms with Crippen LogP contribution in [0.2, 0.25) is 0 Å². The summed E-state index contributed by atoms with van der Waals surface area (Å²) in [4.78, 5) is 13.0. The lowest BCUT2D eigenvalue weighted by atomic mass is 10.0. The van der Waals surface area contributed by atoms with Crippen molar-refractivity contribution in [2.75, 3.05) is 32.8 Å². The van der Waals surface area contributed by atoms with Gasteiger partial charge in [-0.05, 0) is 6.54 Å². The molecule has 2 atom stereocenters. The van der Waals surface area contributed by atoms with E-state index in [9.17, 15) is 4.79 Å². The van der Waals surface area contributed by atoms with E-state index in [1.807, 2.05) is 6.92 Å². The first-order valence-electron chi connectivity index (χ1n) is 4.95. The van der Waals surface area contributed by atoms with Crippen molar-refractivity contribution in [1.29, 1.82) is 0 Å². The second kappa shape index (κ2) is 5.29. The highest BCUT2D eigenvalue weighted by atomic mass is 16.5. The van der Waals surface area contributed by atoms with Crippen molar-refractivity contribution in [3.63, 3.8) is 0 Å². The number of aliphatic carboxylic acids is 1. The maximum Gasteiger partial charge on any atom is 0.310 e. The van der Waals surface area contributed by atoms with Gasteiger partial charge in [0, 0.05) is 19.1 Å². The van der Waals surface area contributed by atoms with Crippen LogP contribution in [0.25, 0.3) is 0 Å². The Morgan fingerprint density at radius 3 is 2.86 bits per heavy atom. The number of hydrogen-bond acceptors (Lipinski definition) is 4. The van der Waals surface area contributed by atoms with Crippen molar-refractivity contribution >= 4 is 5.97 Å². The van der Waals surface area contributed by atoms with E-state index >= 15 is 0 Å². The van der Waals surface area contributed by atoms with E-state index in [1.165, 1.54) is 0 Å². The smallest absolute Gasteiger partial charge is 0.310 e. The Balaban J connectivity index is 2.59. The summed E-state index contributed by atoms with van der Waals surface area (Å²) in [7, 11) is 0. The first-order valence-corrected chi connectivity index (χ1v) is 4.95. The van der Waals surface area contributed by atoms with Crippen molar-refractivity contribution in [1.82, 2.24) is 4.90 Å². The monoisotopic (exact) mass is 202 g/mol. The minimum absolute atomic E-state index is 0.0129. The summed E-state index contributed by atoms with van der Waals surface area (Å²) in [5.74, 6) is -1.18. The standard InChI is InChI=1S/C9H18N2O3/c1-2-11(4-3-10)8-6-14-5-7(8)9(12)13/h7-8H,2-6,10H2,1H3,(H,12,13). The van der Waals surface area contributed by atoms with Gasteiger partial charge in [-0.15, -0.1) is 0 Å². The van der Waals surface area contributed by atoms with E-state index in [4.69, 9.17) is 15.6 Å². The number of ether oxygens (including phenoxy) is 1. The summed E-state index contributed by atoms with van der Waals surface area (Å²) >= 11 is 0. The Morgan fingerprint density at radius 2 is 2.36 bits per heavy atom. The molecule has 0 aromatic heterocycles. The summed E-state index contributed by atoms with van der Waals surface area (Å²) in [5, 5.41) is 8.96. The topological polar surface area (TPSA) is 75.8 Å². The van der Waals surface area contributed by atoms with Crippen LogP contribution >= 0.6 is 0 Å². The fourth-order valence-corrected chi connectivity index (χ4v) is 1.86. The normalized spacial score (nSPS) is 27.1. The fourth-order valence-electron chi connectivity index (χ4n) is 1.86. The maximum atomic E-state index is 10.9. The Labute approximate surface area is 83.8 Å². The molecule has 0 saturated carbocycles. The summed E-state index contributed by atoms with van der Waals surface area (Å²) in [5.41, 5.74) is 5.46. The highest BCUT2D eigenvalue weighted by Crippen LogP contribution is 2.19. The molecule has 14 heavy (non-hydrogen) atoms. The third-order valence-corrected chi connectivity index (χ3v) is 2.66. The van der Waals surface area contributed by atoms with Gasteiger partial charge in [0.25, 0.3) is 0 Å². The quantitative estimate of drug-likeness (QED) is 0.620. The molecular weight excluding hydrogens is 184 g/mol. The number of carboxylic acids is 1. The van der Waals surface area contributed by atoms with Crippen molar-refractivity contribution in [2.24, 2.45) is 11.7 Å². The summed E-state index contributed by atoms with van der Waals surface area (Å²) in [6.45, 7) is 4.93. The summed E-state index contributed by atoms with van der Waals surface area (Å²) in [6, 6.07) is -0.0129. The third-order valence-electron chi connectivity index (χ3n) is 2.66. The Hall–Kier alpha value is -0.650. The zero-order valence-electron chi connectivity index (χ0n) is 8.48. The Morgan fingerprint density at radius 1 is 1.64 bits per heavy atom. The predicted molar refractivity (Wildman–Crippen MR) is 52.0 cm³/mol. The number of carboxylic acid groups (broad SMARTS) is 1. The minimum atomic E-state index is -0.775. The van der Waals surface area contributed by atoms with Gasteiger partial charge < -0.3 is 15.6 Å². The van der Waals surface area contributed by atoms with Gasteiger partial charge in [-0.2, -0.15) is 0 Å². The van der Waals surface area contributed by atoms with Crippen LogP contribution in [-0.4, -0.2) is 54.9 Å². The molecule has 0 aromatic rings. The van der Waals surface area contributed by atoms with Gasteiger partial charge in [0.15, 0.2) is 0 Å². The summed E-state index contributed by atoms with van der Waals surface area (Å²) < 4.78 is 5.20. The molecule has 1 fully saturated rings. The number of rotatable bonds is 5. The lowest BCUT2D eigenvalue weighted by molar-refractivity contribution is -0.143. The van der Waals surface area contributed by atoms with Crippen LogP contribution in [0.15, 0.2) is 0 Å². The van der Waals surface area contributed by atoms with E-state index in [2.05, 4.69) is 4.90 Å². The zero-order valence-corrected chi connectivity index (χ0v) is 8.48. The van der Waals surface area contributed by atoms with Crippen molar-refractivity contribution < 1.29 is 14.6 Å². The van der Waals surface area contributed by atoms with Crippen LogP contribution in [-0.2, 0) is 9.53 Å². The summed E-state index contributed by atoms with van der Waals surface area (Å²) in [6.07, 6.45) is 0. The largest absolute Gasteiger partial charge is 0.481 e. The predicted octanol–water partition coefficient (Wildman–Crippen LogP) is -0.633. The van der Waals surface area contributed by atoms with E-state index in [0.29, 0.717) is 19.8 Å². The van der Waals surface area contributed by atoms with Gasteiger partial charge in [0.05, 0.1) is 19.1 Å². The number of nitrogens with zero attached hydrogens (tertiary/aromatic N) is 1. The lowest BCUT2D eigenvalue weighted by Gasteiger charge is -2.28. The third kappa shape index (κ3) is 2.43. The average Bonchev–Trinajstić information content (AvgIpc) is 2.62. The molecule has 3 N–H and O–H groups in total. The lowest BCUT2D eigenvalue weighted by Crippen LogP contribution is -2.45. The number of carbonyl (C=O) groups is 1. The van der Waals surface area contributed by atoms with Crippen LogP contribution in [0.3, 0.4) is 0 Å². The molecule has 0 amide bonds. The first kappa shape index (κ1) is 11.4. The SMILES string of the molecule is CCN(CCN)C1COCC1C(=O)O. The molecule has 1 saturated heterocycles. The molecule has 2 unspecified atom stereocenters. The van der Waals surface area contributed by atoms with Gasteiger partial charge >= 0.3 is 5.97 Å². The van der Waals surface area contributed by atoms with Crippen LogP contribution in [0, 0.1) is 5.92 Å². The molecule has 5 heteroatoms. The van der Waals surface area contributed by atoms with Gasteiger partial charge in [-0.3, -0.25) is 9.69 Å². The molecule has 1 heterocycles. The second-order valence-corrected chi connectivity index (χ2v) is 3.47. The molecule has 0 bridgehead atoms. The molecule has 82 valence electrons. The molecule has 0 spiro atoms. The van der Waals surface area contributed by atoms with Crippen LogP contribution < -0.4 is 5.73 Å². The number of hydrogen-bond donors (Lipinski definition) is 2. The molecule has 1 rings (SSSR count). The maximum absolute atomic E-state index is 10.9. The van der Waals surface area contributed by atoms with E-state index in [-0.39, 0.29) is 6.04 Å². The van der Waals surface area contributed by atoms with Crippen molar-refractivity contribution in [3.8, 4) is 0 Å². The number of likely N-dealkylation sites (N-methyl/N-ethyl adjacent to an activating group) is 1. The highest BCUT2D eigenvalue weighted by molar-refractivity contribution is 5.71. The molecule has 1 aliphatic heterocycles. The molecule has 0 aromatic carbocycles. The second-order valence-electron chi connectivity index (χ2n) is 3.47. The van der Waals surface area contributed by atoms with Gasteiger partial charge in [0.2, 0.25) is 0 Å². The van der Waals surface area contributed by atoms with Gasteiger partial charge in [-0.1, -0.05) is 6.92 Å². The molecule has 1 aliphatic rings.